The van der Waals surface area contributed by atoms with Crippen LogP contribution in [0.25, 0.3) is 0 Å². The normalized spacial score (nSPS) is 25.2. The molecule has 1 aliphatic heterocycles. The maximum atomic E-state index is 12.2. The number of benzene rings is 1. The van der Waals surface area contributed by atoms with Crippen molar-refractivity contribution in [3.05, 3.63) is 29.8 Å². The maximum Gasteiger partial charge on any atom is 0.251 e. The second-order valence-corrected chi connectivity index (χ2v) is 6.56. The number of nitrogens with one attached hydrogen (secondary N) is 2. The summed E-state index contributed by atoms with van der Waals surface area (Å²) in [5.74, 6) is 0.0415. The van der Waals surface area contributed by atoms with E-state index in [1.165, 1.54) is 7.11 Å². The quantitative estimate of drug-likeness (QED) is 0.532. The second kappa shape index (κ2) is 8.98. The number of aliphatic hydroxyl groups is 2. The minimum Gasteiger partial charge on any atom is -0.497 e. The van der Waals surface area contributed by atoms with Gasteiger partial charge < -0.3 is 30.3 Å². The molecule has 1 saturated heterocycles. The number of hydrogen-bond acceptors (Lipinski definition) is 6. The van der Waals surface area contributed by atoms with Gasteiger partial charge in [-0.05, 0) is 38.1 Å². The van der Waals surface area contributed by atoms with Crippen molar-refractivity contribution in [3.8, 4) is 5.75 Å². The van der Waals surface area contributed by atoms with Gasteiger partial charge in [0.15, 0.2) is 0 Å². The Morgan fingerprint density at radius 2 is 1.77 bits per heavy atom. The molecule has 1 aliphatic rings. The van der Waals surface area contributed by atoms with E-state index in [9.17, 15) is 19.8 Å². The molecule has 26 heavy (non-hydrogen) atoms. The molecule has 4 atom stereocenters. The minimum atomic E-state index is -1.18. The smallest absolute Gasteiger partial charge is 0.251 e. The van der Waals surface area contributed by atoms with Crippen molar-refractivity contribution >= 4 is 11.8 Å². The van der Waals surface area contributed by atoms with Crippen LogP contribution >= 0.6 is 0 Å². The molecule has 144 valence electrons. The van der Waals surface area contributed by atoms with Crippen molar-refractivity contribution in [1.82, 2.24) is 10.6 Å². The summed E-state index contributed by atoms with van der Waals surface area (Å²) in [4.78, 5) is 24.0. The standard InChI is InChI=1S/C18H26N2O6/c1-10(2)20-15(21)8-13-16(22)17(23)14(26-13)9-19-18(24)11-4-6-12(25-3)7-5-11/h4-7,10,13-14,16-17,22-23H,8-9H2,1-3H3,(H,19,24)(H,20,21)/t13-,14+,16-,17+/m0/s1. The topological polar surface area (TPSA) is 117 Å². The van der Waals surface area contributed by atoms with Gasteiger partial charge >= 0.3 is 0 Å². The molecule has 8 nitrogen and oxygen atoms in total. The summed E-state index contributed by atoms with van der Waals surface area (Å²) in [6.07, 6.45) is -4.02. The van der Waals surface area contributed by atoms with E-state index < -0.39 is 24.4 Å². The predicted molar refractivity (Wildman–Crippen MR) is 93.9 cm³/mol. The van der Waals surface area contributed by atoms with Gasteiger partial charge in [0, 0.05) is 18.2 Å². The van der Waals surface area contributed by atoms with E-state index in [0.29, 0.717) is 11.3 Å². The summed E-state index contributed by atoms with van der Waals surface area (Å²) >= 11 is 0. The molecule has 1 heterocycles. The second-order valence-electron chi connectivity index (χ2n) is 6.56. The lowest BCUT2D eigenvalue weighted by atomic mass is 10.1. The van der Waals surface area contributed by atoms with Crippen molar-refractivity contribution < 1.29 is 29.3 Å². The first-order valence-electron chi connectivity index (χ1n) is 8.55. The SMILES string of the molecule is COc1ccc(C(=O)NC[C@H]2O[C@@H](CC(=O)NC(C)C)[C@H](O)[C@@H]2O)cc1. The predicted octanol–water partition coefficient (Wildman–Crippen LogP) is -0.171. The van der Waals surface area contributed by atoms with E-state index >= 15 is 0 Å². The van der Waals surface area contributed by atoms with E-state index in [2.05, 4.69) is 10.6 Å². The van der Waals surface area contributed by atoms with Gasteiger partial charge in [-0.15, -0.1) is 0 Å². The Bertz CT molecular complexity index is 619. The maximum absolute atomic E-state index is 12.2. The lowest BCUT2D eigenvalue weighted by Gasteiger charge is -2.16. The molecule has 2 amide bonds. The summed E-state index contributed by atoms with van der Waals surface area (Å²) < 4.78 is 10.6. The summed E-state index contributed by atoms with van der Waals surface area (Å²) in [6, 6.07) is 6.55. The van der Waals surface area contributed by atoms with Crippen molar-refractivity contribution in [1.29, 1.82) is 0 Å². The number of methoxy groups -OCH3 is 1. The van der Waals surface area contributed by atoms with Gasteiger partial charge in [-0.3, -0.25) is 9.59 Å². The van der Waals surface area contributed by atoms with Crippen LogP contribution in [0.4, 0.5) is 0 Å². The van der Waals surface area contributed by atoms with E-state index in [-0.39, 0.29) is 30.8 Å². The largest absolute Gasteiger partial charge is 0.497 e. The molecule has 0 spiro atoms. The van der Waals surface area contributed by atoms with Gasteiger partial charge in [-0.1, -0.05) is 0 Å². The summed E-state index contributed by atoms with van der Waals surface area (Å²) in [7, 11) is 1.54. The zero-order valence-electron chi connectivity index (χ0n) is 15.1. The van der Waals surface area contributed by atoms with Gasteiger partial charge in [0.05, 0.1) is 19.6 Å². The molecule has 0 aliphatic carbocycles. The first-order valence-corrected chi connectivity index (χ1v) is 8.55. The first-order chi connectivity index (χ1) is 12.3. The fourth-order valence-corrected chi connectivity index (χ4v) is 2.76. The van der Waals surface area contributed by atoms with Crippen LogP contribution in [0, 0.1) is 0 Å². The van der Waals surface area contributed by atoms with Crippen LogP contribution in [-0.4, -0.2) is 66.1 Å². The van der Waals surface area contributed by atoms with Gasteiger partial charge in [-0.2, -0.15) is 0 Å². The lowest BCUT2D eigenvalue weighted by molar-refractivity contribution is -0.125. The molecule has 1 fully saturated rings. The Morgan fingerprint density at radius 1 is 1.15 bits per heavy atom. The monoisotopic (exact) mass is 366 g/mol. The average Bonchev–Trinajstić information content (AvgIpc) is 2.87. The minimum absolute atomic E-state index is 0.0192. The Hall–Kier alpha value is -2.16. The fourth-order valence-electron chi connectivity index (χ4n) is 2.76. The molecule has 4 N–H and O–H groups in total. The Morgan fingerprint density at radius 3 is 2.35 bits per heavy atom. The van der Waals surface area contributed by atoms with Crippen LogP contribution in [0.3, 0.4) is 0 Å². The number of hydrogen-bond donors (Lipinski definition) is 4. The molecule has 1 aromatic rings. The third kappa shape index (κ3) is 5.17. The van der Waals surface area contributed by atoms with Crippen molar-refractivity contribution in [3.63, 3.8) is 0 Å². The zero-order chi connectivity index (χ0) is 19.3. The van der Waals surface area contributed by atoms with Crippen LogP contribution in [0.1, 0.15) is 30.6 Å². The van der Waals surface area contributed by atoms with Crippen molar-refractivity contribution in [2.75, 3.05) is 13.7 Å². The van der Waals surface area contributed by atoms with Gasteiger partial charge in [0.2, 0.25) is 5.91 Å². The number of aliphatic hydroxyl groups excluding tert-OH is 2. The van der Waals surface area contributed by atoms with Crippen molar-refractivity contribution in [2.24, 2.45) is 0 Å². The Kier molecular flexibility index (Phi) is 6.96. The molecule has 8 heteroatoms. The summed E-state index contributed by atoms with van der Waals surface area (Å²) in [6.45, 7) is 3.68. The van der Waals surface area contributed by atoms with Crippen LogP contribution in [0.2, 0.25) is 0 Å². The molecule has 0 aromatic heterocycles. The van der Waals surface area contributed by atoms with E-state index in [1.807, 2.05) is 13.8 Å². The third-order valence-electron chi connectivity index (χ3n) is 4.11. The van der Waals surface area contributed by atoms with Crippen LogP contribution in [0.5, 0.6) is 5.75 Å². The molecule has 0 bridgehead atoms. The van der Waals surface area contributed by atoms with Crippen molar-refractivity contribution in [2.45, 2.75) is 50.7 Å². The summed E-state index contributed by atoms with van der Waals surface area (Å²) in [5, 5.41) is 25.5. The number of amides is 2. The number of carbonyl (C=O) groups excluding carboxylic acids is 2. The van der Waals surface area contributed by atoms with Crippen LogP contribution in [-0.2, 0) is 9.53 Å². The average molecular weight is 366 g/mol. The zero-order valence-corrected chi connectivity index (χ0v) is 15.1. The molecule has 0 radical (unpaired) electrons. The van der Waals surface area contributed by atoms with Gasteiger partial charge in [-0.25, -0.2) is 0 Å². The molecular weight excluding hydrogens is 340 g/mol. The van der Waals surface area contributed by atoms with Crippen LogP contribution < -0.4 is 15.4 Å². The van der Waals surface area contributed by atoms with E-state index in [4.69, 9.17) is 9.47 Å². The highest BCUT2D eigenvalue weighted by Gasteiger charge is 2.43. The number of carbonyl (C=O) groups is 2. The number of rotatable bonds is 7. The Labute approximate surface area is 152 Å². The molecular formula is C18H26N2O6. The fraction of sp³-hybridized carbons (Fsp3) is 0.556. The lowest BCUT2D eigenvalue weighted by Crippen LogP contribution is -2.40. The van der Waals surface area contributed by atoms with Gasteiger partial charge in [0.1, 0.15) is 24.1 Å². The summed E-state index contributed by atoms with van der Waals surface area (Å²) in [5.41, 5.74) is 0.437. The molecule has 1 aromatic carbocycles. The van der Waals surface area contributed by atoms with Gasteiger partial charge in [0.25, 0.3) is 5.91 Å². The molecule has 2 rings (SSSR count). The first kappa shape index (κ1) is 20.2. The highest BCUT2D eigenvalue weighted by Crippen LogP contribution is 2.23. The van der Waals surface area contributed by atoms with Crippen LogP contribution in [0.15, 0.2) is 24.3 Å². The molecule has 0 saturated carbocycles. The Balaban J connectivity index is 1.86. The number of ether oxygens (including phenoxy) is 2. The highest BCUT2D eigenvalue weighted by atomic mass is 16.5. The van der Waals surface area contributed by atoms with E-state index in [1.54, 1.807) is 24.3 Å². The third-order valence-corrected chi connectivity index (χ3v) is 4.11. The molecule has 0 unspecified atom stereocenters. The van der Waals surface area contributed by atoms with E-state index in [0.717, 1.165) is 0 Å². The highest BCUT2D eigenvalue weighted by molar-refractivity contribution is 5.94.